The summed E-state index contributed by atoms with van der Waals surface area (Å²) >= 11 is 0. The van der Waals surface area contributed by atoms with Gasteiger partial charge in [0.25, 0.3) is 0 Å². The van der Waals surface area contributed by atoms with Crippen LogP contribution >= 0.6 is 27.0 Å². The van der Waals surface area contributed by atoms with E-state index in [1.165, 1.54) is 39.9 Å². The van der Waals surface area contributed by atoms with E-state index < -0.39 is 57.5 Å². The molecule has 246 valence electrons. The number of rotatable bonds is 9. The molecule has 2 heterocycles. The summed E-state index contributed by atoms with van der Waals surface area (Å²) in [4.78, 5) is 29.2. The zero-order chi connectivity index (χ0) is 31.8. The SMILES string of the molecule is CCN1C(=O)[C@@H](CC(=O)c2cccc(C(F)(F)F)c2)[C@@H](c2ccc(F)cc2)c2c(CNS(C)(=O)=O)nn(-c3ccccc3)c21.S.S. The third-order valence-corrected chi connectivity index (χ3v) is 8.16. The maximum Gasteiger partial charge on any atom is 0.416 e. The van der Waals surface area contributed by atoms with Crippen molar-refractivity contribution in [1.29, 1.82) is 0 Å². The van der Waals surface area contributed by atoms with Crippen molar-refractivity contribution in [3.05, 3.63) is 113 Å². The summed E-state index contributed by atoms with van der Waals surface area (Å²) in [7, 11) is -3.68. The number of aromatic nitrogens is 2. The van der Waals surface area contributed by atoms with Gasteiger partial charge in [-0.3, -0.25) is 14.5 Å². The van der Waals surface area contributed by atoms with Crippen molar-refractivity contribution in [1.82, 2.24) is 14.5 Å². The first-order valence-corrected chi connectivity index (χ1v) is 15.6. The number of para-hydroxylation sites is 1. The molecule has 0 spiro atoms. The van der Waals surface area contributed by atoms with Gasteiger partial charge in [0.15, 0.2) is 5.78 Å². The van der Waals surface area contributed by atoms with E-state index in [1.54, 1.807) is 37.3 Å². The number of fused-ring (bicyclic) bond motifs is 1. The van der Waals surface area contributed by atoms with Gasteiger partial charge in [-0.2, -0.15) is 45.3 Å². The van der Waals surface area contributed by atoms with Crippen LogP contribution in [0.1, 0.15) is 52.0 Å². The molecule has 2 atom stereocenters. The molecule has 1 aromatic heterocycles. The van der Waals surface area contributed by atoms with E-state index in [9.17, 15) is 35.6 Å². The Morgan fingerprint density at radius 3 is 2.22 bits per heavy atom. The number of alkyl halides is 3. The Kier molecular flexibility index (Phi) is 11.5. The van der Waals surface area contributed by atoms with Crippen LogP contribution in [-0.4, -0.2) is 42.7 Å². The molecule has 3 aromatic carbocycles. The van der Waals surface area contributed by atoms with Crippen LogP contribution in [0.3, 0.4) is 0 Å². The third-order valence-electron chi connectivity index (χ3n) is 7.49. The van der Waals surface area contributed by atoms with Gasteiger partial charge >= 0.3 is 6.18 Å². The van der Waals surface area contributed by atoms with Gasteiger partial charge in [0.05, 0.1) is 35.7 Å². The Bertz CT molecular complexity index is 1820. The van der Waals surface area contributed by atoms with E-state index in [-0.39, 0.29) is 51.3 Å². The normalized spacial score (nSPS) is 16.3. The molecule has 46 heavy (non-hydrogen) atoms. The molecular formula is C31H32F4N4O4S3. The Balaban J connectivity index is 0.00000288. The Morgan fingerprint density at radius 2 is 1.63 bits per heavy atom. The molecule has 0 saturated heterocycles. The number of carbonyl (C=O) groups excluding carboxylic acids is 2. The number of amides is 1. The summed E-state index contributed by atoms with van der Waals surface area (Å²) in [6, 6.07) is 18.2. The number of nitrogens with one attached hydrogen (secondary N) is 1. The monoisotopic (exact) mass is 696 g/mol. The minimum absolute atomic E-state index is 0. The van der Waals surface area contributed by atoms with Gasteiger partial charge in [-0.15, -0.1) is 0 Å². The molecule has 5 rings (SSSR count). The van der Waals surface area contributed by atoms with Crippen molar-refractivity contribution in [3.63, 3.8) is 0 Å². The molecular weight excluding hydrogens is 665 g/mol. The summed E-state index contributed by atoms with van der Waals surface area (Å²) < 4.78 is 82.4. The molecule has 1 aliphatic heterocycles. The summed E-state index contributed by atoms with van der Waals surface area (Å²) in [5, 5.41) is 4.71. The van der Waals surface area contributed by atoms with E-state index in [4.69, 9.17) is 5.10 Å². The van der Waals surface area contributed by atoms with E-state index >= 15 is 0 Å². The highest BCUT2D eigenvalue weighted by Crippen LogP contribution is 2.47. The maximum absolute atomic E-state index is 14.2. The molecule has 4 aromatic rings. The van der Waals surface area contributed by atoms with E-state index in [2.05, 4.69) is 4.72 Å². The Morgan fingerprint density at radius 1 is 0.978 bits per heavy atom. The summed E-state index contributed by atoms with van der Waals surface area (Å²) in [6.45, 7) is 1.62. The second kappa shape index (κ2) is 14.4. The van der Waals surface area contributed by atoms with Gasteiger partial charge in [-0.25, -0.2) is 22.2 Å². The lowest BCUT2D eigenvalue weighted by Crippen LogP contribution is -2.45. The lowest BCUT2D eigenvalue weighted by atomic mass is 9.74. The third kappa shape index (κ3) is 7.65. The Hall–Kier alpha value is -3.66. The van der Waals surface area contributed by atoms with Gasteiger partial charge in [-0.1, -0.05) is 42.5 Å². The molecule has 0 radical (unpaired) electrons. The van der Waals surface area contributed by atoms with Crippen LogP contribution in [0.15, 0.2) is 78.9 Å². The summed E-state index contributed by atoms with van der Waals surface area (Å²) in [5.41, 5.74) is 0.539. The van der Waals surface area contributed by atoms with Crippen molar-refractivity contribution in [3.8, 4) is 5.69 Å². The van der Waals surface area contributed by atoms with Gasteiger partial charge in [-0.05, 0) is 48.9 Å². The van der Waals surface area contributed by atoms with E-state index in [0.29, 0.717) is 22.6 Å². The van der Waals surface area contributed by atoms with Crippen molar-refractivity contribution in [2.45, 2.75) is 32.0 Å². The molecule has 0 bridgehead atoms. The lowest BCUT2D eigenvalue weighted by molar-refractivity contribution is -0.137. The molecule has 1 N–H and O–H groups in total. The zero-order valence-corrected chi connectivity index (χ0v) is 27.5. The molecule has 1 amide bonds. The molecule has 1 aliphatic rings. The second-order valence-corrected chi connectivity index (χ2v) is 12.3. The van der Waals surface area contributed by atoms with Crippen molar-refractivity contribution in [2.24, 2.45) is 5.92 Å². The fraction of sp³-hybridized carbons (Fsp3) is 0.258. The maximum atomic E-state index is 14.2. The number of halogens is 4. The van der Waals surface area contributed by atoms with Crippen LogP contribution in [0.25, 0.3) is 5.69 Å². The van der Waals surface area contributed by atoms with Crippen LogP contribution < -0.4 is 9.62 Å². The van der Waals surface area contributed by atoms with Crippen LogP contribution in [0, 0.1) is 11.7 Å². The molecule has 15 heteroatoms. The highest BCUT2D eigenvalue weighted by atomic mass is 32.2. The lowest BCUT2D eigenvalue weighted by Gasteiger charge is -2.38. The molecule has 0 unspecified atom stereocenters. The van der Waals surface area contributed by atoms with Crippen LogP contribution in [0.5, 0.6) is 0 Å². The first kappa shape index (κ1) is 36.8. The number of sulfonamides is 1. The number of benzene rings is 3. The van der Waals surface area contributed by atoms with Crippen molar-refractivity contribution in [2.75, 3.05) is 17.7 Å². The predicted molar refractivity (Wildman–Crippen MR) is 176 cm³/mol. The van der Waals surface area contributed by atoms with Crippen molar-refractivity contribution >= 4 is 54.5 Å². The minimum atomic E-state index is -4.67. The minimum Gasteiger partial charge on any atom is -0.296 e. The average molecular weight is 697 g/mol. The number of hydrogen-bond acceptors (Lipinski definition) is 5. The average Bonchev–Trinajstić information content (AvgIpc) is 3.36. The van der Waals surface area contributed by atoms with E-state index in [1.807, 2.05) is 0 Å². The molecule has 8 nitrogen and oxygen atoms in total. The highest BCUT2D eigenvalue weighted by Gasteiger charge is 2.46. The fourth-order valence-corrected chi connectivity index (χ4v) is 5.94. The highest BCUT2D eigenvalue weighted by molar-refractivity contribution is 7.88. The number of nitrogens with zero attached hydrogens (tertiary/aromatic N) is 3. The van der Waals surface area contributed by atoms with Gasteiger partial charge in [0.2, 0.25) is 15.9 Å². The number of anilines is 1. The Labute approximate surface area is 277 Å². The topological polar surface area (TPSA) is 101 Å². The van der Waals surface area contributed by atoms with Crippen LogP contribution in [-0.2, 0) is 27.5 Å². The van der Waals surface area contributed by atoms with Gasteiger partial charge in [0, 0.05) is 30.0 Å². The first-order chi connectivity index (χ1) is 20.8. The van der Waals surface area contributed by atoms with Gasteiger partial charge < -0.3 is 0 Å². The number of ketones is 1. The number of Topliss-reactive ketones (excluding diaryl/α,β-unsaturated/α-hetero) is 1. The zero-order valence-electron chi connectivity index (χ0n) is 24.7. The van der Waals surface area contributed by atoms with Crippen molar-refractivity contribution < 1.29 is 35.6 Å². The first-order valence-electron chi connectivity index (χ1n) is 13.7. The predicted octanol–water partition coefficient (Wildman–Crippen LogP) is 5.69. The molecule has 0 fully saturated rings. The fourth-order valence-electron chi connectivity index (χ4n) is 5.54. The van der Waals surface area contributed by atoms with Gasteiger partial charge in [0.1, 0.15) is 11.6 Å². The summed E-state index contributed by atoms with van der Waals surface area (Å²) in [5.74, 6) is -3.39. The number of hydrogen-bond donors (Lipinski definition) is 1. The molecule has 0 aliphatic carbocycles. The molecule has 0 saturated carbocycles. The standard InChI is InChI=1S/C31H28F4N4O4S.2H2S/c1-3-38-29-28(25(18-36-44(2,42)43)37-39(29)23-10-5-4-6-11-23)27(19-12-14-22(32)15-13-19)24(30(38)41)17-26(40)20-8-7-9-21(16-20)31(33,34)35;;/h4-16,24,27,36H,3,17-18H2,1-2H3;2*1H2/t24-,27+;;/m0../s1. The smallest absolute Gasteiger partial charge is 0.296 e. The number of carbonyl (C=O) groups is 2. The van der Waals surface area contributed by atoms with E-state index in [0.717, 1.165) is 24.5 Å². The van der Waals surface area contributed by atoms with Crippen LogP contribution in [0.4, 0.5) is 23.4 Å². The largest absolute Gasteiger partial charge is 0.416 e. The van der Waals surface area contributed by atoms with Crippen LogP contribution in [0.2, 0.25) is 0 Å². The summed E-state index contributed by atoms with van der Waals surface area (Å²) in [6.07, 6.45) is -4.15. The quantitative estimate of drug-likeness (QED) is 0.179. The second-order valence-electron chi connectivity index (χ2n) is 10.4.